The Kier molecular flexibility index (Phi) is 5.24. The van der Waals surface area contributed by atoms with Crippen molar-refractivity contribution < 1.29 is 4.79 Å². The molecule has 0 aliphatic rings. The van der Waals surface area contributed by atoms with Gasteiger partial charge < -0.3 is 4.57 Å². The fraction of sp³-hybridized carbons (Fsp3) is 0.0455. The van der Waals surface area contributed by atoms with E-state index in [2.05, 4.69) is 4.98 Å². The minimum absolute atomic E-state index is 0.359. The Morgan fingerprint density at radius 2 is 1.75 bits per heavy atom. The van der Waals surface area contributed by atoms with Crippen molar-refractivity contribution in [1.82, 2.24) is 14.5 Å². The molecular formula is C22H15Cl2N3O. The molecule has 2 heterocycles. The lowest BCUT2D eigenvalue weighted by Crippen LogP contribution is -2.07. The molecule has 0 aliphatic carbocycles. The van der Waals surface area contributed by atoms with E-state index in [9.17, 15) is 4.79 Å². The van der Waals surface area contributed by atoms with Crippen LogP contribution in [0.2, 0.25) is 10.0 Å². The second-order valence-corrected chi connectivity index (χ2v) is 7.06. The van der Waals surface area contributed by atoms with Crippen molar-refractivity contribution >= 4 is 29.5 Å². The average Bonchev–Trinajstić information content (AvgIpc) is 3.10. The largest absolute Gasteiger partial charge is 0.317 e. The Morgan fingerprint density at radius 1 is 0.964 bits per heavy atom. The van der Waals surface area contributed by atoms with Crippen molar-refractivity contribution in [3.05, 3.63) is 94.4 Å². The van der Waals surface area contributed by atoms with Gasteiger partial charge in [0.05, 0.1) is 12.2 Å². The van der Waals surface area contributed by atoms with E-state index in [0.717, 1.165) is 23.0 Å². The van der Waals surface area contributed by atoms with Crippen molar-refractivity contribution in [1.29, 1.82) is 0 Å². The summed E-state index contributed by atoms with van der Waals surface area (Å²) in [5.74, 6) is 0.644. The molecule has 0 spiro atoms. The molecule has 0 saturated carbocycles. The van der Waals surface area contributed by atoms with Gasteiger partial charge in [0, 0.05) is 33.6 Å². The van der Waals surface area contributed by atoms with Crippen LogP contribution in [0.25, 0.3) is 22.6 Å². The zero-order valence-electron chi connectivity index (χ0n) is 14.7. The van der Waals surface area contributed by atoms with Crippen LogP contribution in [0.1, 0.15) is 16.1 Å². The van der Waals surface area contributed by atoms with E-state index < -0.39 is 0 Å². The van der Waals surface area contributed by atoms with Crippen LogP contribution < -0.4 is 0 Å². The van der Waals surface area contributed by atoms with Gasteiger partial charge in [-0.2, -0.15) is 0 Å². The molecule has 0 saturated heterocycles. The Balaban J connectivity index is 1.93. The van der Waals surface area contributed by atoms with Crippen molar-refractivity contribution in [3.8, 4) is 22.6 Å². The van der Waals surface area contributed by atoms with E-state index in [1.807, 2.05) is 47.0 Å². The van der Waals surface area contributed by atoms with Gasteiger partial charge in [-0.05, 0) is 35.9 Å². The molecule has 0 aliphatic heterocycles. The van der Waals surface area contributed by atoms with Gasteiger partial charge >= 0.3 is 0 Å². The molecule has 4 rings (SSSR count). The maximum absolute atomic E-state index is 12.1. The number of halogens is 2. The normalized spacial score (nSPS) is 10.8. The Bertz CT molecular complexity index is 1130. The molecule has 4 nitrogen and oxygen atoms in total. The number of hydrogen-bond acceptors (Lipinski definition) is 3. The fourth-order valence-electron chi connectivity index (χ4n) is 3.10. The van der Waals surface area contributed by atoms with E-state index >= 15 is 0 Å². The quantitative estimate of drug-likeness (QED) is 0.394. The lowest BCUT2D eigenvalue weighted by Gasteiger charge is -2.11. The molecule has 0 amide bonds. The summed E-state index contributed by atoms with van der Waals surface area (Å²) in [7, 11) is 0. The minimum Gasteiger partial charge on any atom is -0.317 e. The summed E-state index contributed by atoms with van der Waals surface area (Å²) in [6.07, 6.45) is 4.25. The molecule has 0 radical (unpaired) electrons. The third-order valence-corrected chi connectivity index (χ3v) is 5.03. The fourth-order valence-corrected chi connectivity index (χ4v) is 3.48. The number of carbonyl (C=O) groups is 1. The van der Waals surface area contributed by atoms with Crippen molar-refractivity contribution in [2.45, 2.75) is 6.54 Å². The van der Waals surface area contributed by atoms with Crippen LogP contribution in [-0.4, -0.2) is 20.8 Å². The minimum atomic E-state index is 0.359. The lowest BCUT2D eigenvalue weighted by atomic mass is 10.1. The highest BCUT2D eigenvalue weighted by atomic mass is 35.5. The molecule has 0 N–H and O–H groups in total. The number of aromatic nitrogens is 3. The van der Waals surface area contributed by atoms with Gasteiger partial charge in [-0.3, -0.25) is 9.78 Å². The van der Waals surface area contributed by atoms with Gasteiger partial charge in [0.25, 0.3) is 0 Å². The number of imidazole rings is 1. The standard InChI is InChI=1S/C22H15Cl2N3O/c23-18-8-9-19(24)17(11-18)13-27-20(14-28)21(15-5-2-1-3-6-15)26-22(27)16-7-4-10-25-12-16/h1-12,14H,13H2. The predicted octanol–water partition coefficient (Wildman–Crippen LogP) is 5.78. The number of carbonyl (C=O) groups excluding carboxylic acids is 1. The van der Waals surface area contributed by atoms with Crippen LogP contribution in [0.5, 0.6) is 0 Å². The van der Waals surface area contributed by atoms with Crippen LogP contribution in [0.4, 0.5) is 0 Å². The number of hydrogen-bond donors (Lipinski definition) is 0. The van der Waals surface area contributed by atoms with Crippen LogP contribution >= 0.6 is 23.2 Å². The Hall–Kier alpha value is -2.95. The lowest BCUT2D eigenvalue weighted by molar-refractivity contribution is 0.111. The number of rotatable bonds is 5. The van der Waals surface area contributed by atoms with E-state index in [4.69, 9.17) is 28.2 Å². The molecule has 0 atom stereocenters. The zero-order valence-corrected chi connectivity index (χ0v) is 16.2. The number of pyridine rings is 1. The molecule has 4 aromatic rings. The first-order valence-electron chi connectivity index (χ1n) is 8.63. The molecular weight excluding hydrogens is 393 g/mol. The first-order valence-corrected chi connectivity index (χ1v) is 9.38. The highest BCUT2D eigenvalue weighted by Gasteiger charge is 2.20. The summed E-state index contributed by atoms with van der Waals surface area (Å²) in [5.41, 5.74) is 3.57. The van der Waals surface area contributed by atoms with Crippen LogP contribution in [0.3, 0.4) is 0 Å². The van der Waals surface area contributed by atoms with Crippen LogP contribution in [0, 0.1) is 0 Å². The van der Waals surface area contributed by atoms with Gasteiger partial charge in [-0.25, -0.2) is 4.98 Å². The second kappa shape index (κ2) is 7.97. The number of benzene rings is 2. The van der Waals surface area contributed by atoms with Crippen LogP contribution in [-0.2, 0) is 6.54 Å². The number of nitrogens with zero attached hydrogens (tertiary/aromatic N) is 3. The third kappa shape index (κ3) is 3.57. The highest BCUT2D eigenvalue weighted by molar-refractivity contribution is 6.33. The SMILES string of the molecule is O=Cc1c(-c2ccccc2)nc(-c2cccnc2)n1Cc1cc(Cl)ccc1Cl. The van der Waals surface area contributed by atoms with Gasteiger partial charge in [0.15, 0.2) is 6.29 Å². The summed E-state index contributed by atoms with van der Waals surface area (Å²) >= 11 is 12.5. The predicted molar refractivity (Wildman–Crippen MR) is 112 cm³/mol. The van der Waals surface area contributed by atoms with E-state index in [0.29, 0.717) is 33.8 Å². The highest BCUT2D eigenvalue weighted by Crippen LogP contribution is 2.30. The number of aldehydes is 1. The third-order valence-electron chi connectivity index (χ3n) is 4.42. The van der Waals surface area contributed by atoms with Gasteiger partial charge in [-0.15, -0.1) is 0 Å². The molecule has 6 heteroatoms. The molecule has 2 aromatic heterocycles. The summed E-state index contributed by atoms with van der Waals surface area (Å²) in [5, 5.41) is 1.16. The van der Waals surface area contributed by atoms with Gasteiger partial charge in [0.2, 0.25) is 0 Å². The molecule has 138 valence electrons. The van der Waals surface area contributed by atoms with E-state index in [-0.39, 0.29) is 0 Å². The Morgan fingerprint density at radius 3 is 2.46 bits per heavy atom. The van der Waals surface area contributed by atoms with E-state index in [1.165, 1.54) is 0 Å². The van der Waals surface area contributed by atoms with Gasteiger partial charge in [-0.1, -0.05) is 53.5 Å². The maximum Gasteiger partial charge on any atom is 0.168 e. The smallest absolute Gasteiger partial charge is 0.168 e. The summed E-state index contributed by atoms with van der Waals surface area (Å²) in [4.78, 5) is 21.0. The summed E-state index contributed by atoms with van der Waals surface area (Å²) in [6.45, 7) is 0.359. The molecule has 0 bridgehead atoms. The summed E-state index contributed by atoms with van der Waals surface area (Å²) in [6, 6.07) is 18.7. The molecule has 0 fully saturated rings. The molecule has 2 aromatic carbocycles. The Labute approximate surface area is 172 Å². The topological polar surface area (TPSA) is 47.8 Å². The van der Waals surface area contributed by atoms with Crippen LogP contribution in [0.15, 0.2) is 73.1 Å². The zero-order chi connectivity index (χ0) is 19.5. The second-order valence-electron chi connectivity index (χ2n) is 6.22. The molecule has 28 heavy (non-hydrogen) atoms. The summed E-state index contributed by atoms with van der Waals surface area (Å²) < 4.78 is 1.85. The van der Waals surface area contributed by atoms with E-state index in [1.54, 1.807) is 30.6 Å². The molecule has 0 unspecified atom stereocenters. The maximum atomic E-state index is 12.1. The van der Waals surface area contributed by atoms with Crippen molar-refractivity contribution in [2.24, 2.45) is 0 Å². The van der Waals surface area contributed by atoms with Crippen molar-refractivity contribution in [3.63, 3.8) is 0 Å². The monoisotopic (exact) mass is 407 g/mol. The first-order chi connectivity index (χ1) is 13.7. The average molecular weight is 408 g/mol. The van der Waals surface area contributed by atoms with Gasteiger partial charge in [0.1, 0.15) is 11.5 Å². The van der Waals surface area contributed by atoms with Crippen molar-refractivity contribution in [2.75, 3.05) is 0 Å². The first kappa shape index (κ1) is 18.4.